The quantitative estimate of drug-likeness (QED) is 0.641. The van der Waals surface area contributed by atoms with Gasteiger partial charge in [0.15, 0.2) is 0 Å². The molecule has 1 aromatic rings. The third-order valence-corrected chi connectivity index (χ3v) is 3.31. The summed E-state index contributed by atoms with van der Waals surface area (Å²) in [6, 6.07) is 1.32. The van der Waals surface area contributed by atoms with E-state index in [0.29, 0.717) is 12.1 Å². The lowest BCUT2D eigenvalue weighted by Gasteiger charge is -2.03. The first-order valence-corrected chi connectivity index (χ1v) is 6.42. The van der Waals surface area contributed by atoms with Crippen LogP contribution in [0.2, 0.25) is 0 Å². The van der Waals surface area contributed by atoms with Gasteiger partial charge >= 0.3 is 0 Å². The molecular formula is C8H15N3O3S. The maximum absolute atomic E-state index is 11.4. The van der Waals surface area contributed by atoms with Crippen molar-refractivity contribution in [1.82, 2.24) is 14.9 Å². The van der Waals surface area contributed by atoms with Gasteiger partial charge in [-0.05, 0) is 6.42 Å². The molecule has 0 aliphatic carbocycles. The van der Waals surface area contributed by atoms with Crippen molar-refractivity contribution in [2.75, 3.05) is 5.75 Å². The van der Waals surface area contributed by atoms with Crippen LogP contribution in [-0.4, -0.2) is 24.4 Å². The molecule has 0 saturated carbocycles. The van der Waals surface area contributed by atoms with Crippen molar-refractivity contribution in [3.05, 3.63) is 22.1 Å². The zero-order valence-corrected chi connectivity index (χ0v) is 9.36. The van der Waals surface area contributed by atoms with Gasteiger partial charge in [-0.15, -0.1) is 0 Å². The summed E-state index contributed by atoms with van der Waals surface area (Å²) in [5.41, 5.74) is 0.262. The highest BCUT2D eigenvalue weighted by atomic mass is 32.2. The summed E-state index contributed by atoms with van der Waals surface area (Å²) in [6.07, 6.45) is 1.47. The van der Waals surface area contributed by atoms with Crippen molar-refractivity contribution >= 4 is 10.0 Å². The van der Waals surface area contributed by atoms with E-state index in [-0.39, 0.29) is 17.9 Å². The molecule has 0 aliphatic rings. The third kappa shape index (κ3) is 4.30. The SMILES string of the molecule is CCCCS(=O)(=O)NCc1cc(=O)[nH][nH]1. The zero-order chi connectivity index (χ0) is 11.3. The molecular weight excluding hydrogens is 218 g/mol. The lowest BCUT2D eigenvalue weighted by molar-refractivity contribution is 0.577. The topological polar surface area (TPSA) is 94.8 Å². The van der Waals surface area contributed by atoms with Crippen LogP contribution in [0.1, 0.15) is 25.5 Å². The van der Waals surface area contributed by atoms with Crippen LogP contribution in [0.3, 0.4) is 0 Å². The van der Waals surface area contributed by atoms with Crippen molar-refractivity contribution in [3.8, 4) is 0 Å². The van der Waals surface area contributed by atoms with E-state index < -0.39 is 10.0 Å². The monoisotopic (exact) mass is 233 g/mol. The molecule has 3 N–H and O–H groups in total. The summed E-state index contributed by atoms with van der Waals surface area (Å²) in [4.78, 5) is 10.7. The van der Waals surface area contributed by atoms with E-state index in [1.807, 2.05) is 6.92 Å². The molecule has 0 unspecified atom stereocenters. The van der Waals surface area contributed by atoms with Crippen LogP contribution in [0.4, 0.5) is 0 Å². The standard InChI is InChI=1S/C8H15N3O3S/c1-2-3-4-15(13,14)9-6-7-5-8(12)11-10-7/h5,9H,2-4,6H2,1H3,(H2,10,11,12). The second-order valence-electron chi connectivity index (χ2n) is 3.28. The highest BCUT2D eigenvalue weighted by Crippen LogP contribution is 1.95. The van der Waals surface area contributed by atoms with Gasteiger partial charge in [-0.25, -0.2) is 13.1 Å². The molecule has 0 radical (unpaired) electrons. The molecule has 1 aromatic heterocycles. The Bertz CT molecular complexity index is 446. The fourth-order valence-corrected chi connectivity index (χ4v) is 2.25. The van der Waals surface area contributed by atoms with Gasteiger partial charge in [0.1, 0.15) is 0 Å². The Morgan fingerprint density at radius 2 is 2.13 bits per heavy atom. The minimum absolute atomic E-state index is 0.116. The second kappa shape index (κ2) is 5.13. The van der Waals surface area contributed by atoms with Crippen LogP contribution in [0.25, 0.3) is 0 Å². The van der Waals surface area contributed by atoms with Crippen molar-refractivity contribution in [1.29, 1.82) is 0 Å². The number of H-pyrrole nitrogens is 2. The summed E-state index contributed by atoms with van der Waals surface area (Å²) < 4.78 is 25.1. The lowest BCUT2D eigenvalue weighted by Crippen LogP contribution is -2.26. The zero-order valence-electron chi connectivity index (χ0n) is 8.54. The molecule has 0 spiro atoms. The first-order valence-electron chi connectivity index (χ1n) is 4.77. The number of rotatable bonds is 6. The average molecular weight is 233 g/mol. The molecule has 86 valence electrons. The molecule has 0 fully saturated rings. The molecule has 0 amide bonds. The van der Waals surface area contributed by atoms with Crippen LogP contribution in [-0.2, 0) is 16.6 Å². The predicted octanol–water partition coefficient (Wildman–Crippen LogP) is -0.0775. The molecule has 0 bridgehead atoms. The van der Waals surface area contributed by atoms with Crippen molar-refractivity contribution in [2.24, 2.45) is 0 Å². The summed E-state index contributed by atoms with van der Waals surface area (Å²) >= 11 is 0. The Kier molecular flexibility index (Phi) is 4.10. The fourth-order valence-electron chi connectivity index (χ4n) is 1.06. The van der Waals surface area contributed by atoms with E-state index in [0.717, 1.165) is 6.42 Å². The van der Waals surface area contributed by atoms with Crippen LogP contribution < -0.4 is 10.3 Å². The molecule has 15 heavy (non-hydrogen) atoms. The molecule has 1 rings (SSSR count). The highest BCUT2D eigenvalue weighted by molar-refractivity contribution is 7.89. The molecule has 6 nitrogen and oxygen atoms in total. The van der Waals surface area contributed by atoms with Crippen LogP contribution in [0, 0.1) is 0 Å². The summed E-state index contributed by atoms with van der Waals surface area (Å²) in [6.45, 7) is 2.05. The molecule has 0 aromatic carbocycles. The number of aromatic amines is 2. The van der Waals surface area contributed by atoms with Gasteiger partial charge in [0.25, 0.3) is 5.56 Å². The number of unbranched alkanes of at least 4 members (excludes halogenated alkanes) is 1. The van der Waals surface area contributed by atoms with E-state index in [2.05, 4.69) is 14.9 Å². The van der Waals surface area contributed by atoms with Crippen LogP contribution in [0.15, 0.2) is 10.9 Å². The van der Waals surface area contributed by atoms with Gasteiger partial charge in [-0.1, -0.05) is 13.3 Å². The second-order valence-corrected chi connectivity index (χ2v) is 5.20. The van der Waals surface area contributed by atoms with E-state index in [1.165, 1.54) is 6.07 Å². The summed E-state index contributed by atoms with van der Waals surface area (Å²) in [5, 5.41) is 4.90. The van der Waals surface area contributed by atoms with Gasteiger partial charge in [0, 0.05) is 6.07 Å². The number of hydrogen-bond acceptors (Lipinski definition) is 3. The third-order valence-electron chi connectivity index (χ3n) is 1.90. The molecule has 1 heterocycles. The van der Waals surface area contributed by atoms with E-state index in [9.17, 15) is 13.2 Å². The summed E-state index contributed by atoms with van der Waals surface area (Å²) in [7, 11) is -3.22. The van der Waals surface area contributed by atoms with Gasteiger partial charge < -0.3 is 5.10 Å². The van der Waals surface area contributed by atoms with E-state index in [1.54, 1.807) is 0 Å². The average Bonchev–Trinajstić information content (AvgIpc) is 2.59. The Balaban J connectivity index is 2.46. The first-order chi connectivity index (χ1) is 7.03. The Morgan fingerprint density at radius 3 is 2.67 bits per heavy atom. The number of aromatic nitrogens is 2. The molecule has 0 atom stereocenters. The Labute approximate surface area is 88.1 Å². The van der Waals surface area contributed by atoms with E-state index >= 15 is 0 Å². The van der Waals surface area contributed by atoms with Crippen molar-refractivity contribution < 1.29 is 8.42 Å². The number of nitrogens with one attached hydrogen (secondary N) is 3. The Morgan fingerprint density at radius 1 is 1.40 bits per heavy atom. The first kappa shape index (κ1) is 12.0. The summed E-state index contributed by atoms with van der Waals surface area (Å²) in [5.74, 6) is 0.123. The van der Waals surface area contributed by atoms with Crippen LogP contribution >= 0.6 is 0 Å². The largest absolute Gasteiger partial charge is 0.301 e. The van der Waals surface area contributed by atoms with Gasteiger partial charge in [-0.2, -0.15) is 0 Å². The van der Waals surface area contributed by atoms with Gasteiger partial charge in [0.05, 0.1) is 18.0 Å². The highest BCUT2D eigenvalue weighted by Gasteiger charge is 2.09. The molecule has 0 saturated heterocycles. The van der Waals surface area contributed by atoms with E-state index in [4.69, 9.17) is 0 Å². The minimum atomic E-state index is -3.22. The van der Waals surface area contributed by atoms with Gasteiger partial charge in [0.2, 0.25) is 10.0 Å². The maximum Gasteiger partial charge on any atom is 0.264 e. The lowest BCUT2D eigenvalue weighted by atomic mass is 10.4. The number of sulfonamides is 1. The fraction of sp³-hybridized carbons (Fsp3) is 0.625. The predicted molar refractivity (Wildman–Crippen MR) is 56.9 cm³/mol. The minimum Gasteiger partial charge on any atom is -0.301 e. The molecule has 7 heteroatoms. The van der Waals surface area contributed by atoms with Gasteiger partial charge in [-0.3, -0.25) is 9.89 Å². The smallest absolute Gasteiger partial charge is 0.264 e. The maximum atomic E-state index is 11.4. The Hall–Kier alpha value is -1.08. The normalized spacial score (nSPS) is 11.8. The number of hydrogen-bond donors (Lipinski definition) is 3. The van der Waals surface area contributed by atoms with Crippen molar-refractivity contribution in [2.45, 2.75) is 26.3 Å². The van der Waals surface area contributed by atoms with Crippen molar-refractivity contribution in [3.63, 3.8) is 0 Å². The van der Waals surface area contributed by atoms with Crippen LogP contribution in [0.5, 0.6) is 0 Å². The molecule has 0 aliphatic heterocycles.